The topological polar surface area (TPSA) is 63.7 Å². The Morgan fingerprint density at radius 2 is 0.875 bits per heavy atom. The predicted molar refractivity (Wildman–Crippen MR) is 203 cm³/mol. The summed E-state index contributed by atoms with van der Waals surface area (Å²) in [4.78, 5) is 4.14. The molecule has 0 N–H and O–H groups in total. The lowest BCUT2D eigenvalue weighted by molar-refractivity contribution is -0.666. The molecule has 8 nitrogen and oxygen atoms in total. The number of nitrogens with zero attached hydrogens (tertiary/aromatic N) is 8. The molecule has 0 saturated carbocycles. The molecule has 4 aromatic carbocycles. The van der Waals surface area contributed by atoms with Crippen molar-refractivity contribution in [3.05, 3.63) is 122 Å². The molecule has 0 spiro atoms. The standard InChI is InChI=1S/C38H40N8S2/c1-43(2)31-17-13-29(14-18-31)39-41-35-21-23-45(37-11-7-5-9-33(35)37)25-27-47-48-28-26-46-24-22-36(34-10-6-8-12-38(34)46)42-40-30-15-19-32(20-16-30)44(3)4/h5-24H,25-28H2,1-4H3/q+2. The van der Waals surface area contributed by atoms with E-state index in [0.29, 0.717) is 0 Å². The minimum absolute atomic E-state index is 0.837. The highest BCUT2D eigenvalue weighted by atomic mass is 33.1. The van der Waals surface area contributed by atoms with E-state index in [4.69, 9.17) is 0 Å². The molecule has 10 heteroatoms. The van der Waals surface area contributed by atoms with Crippen LogP contribution in [0.25, 0.3) is 21.8 Å². The fourth-order valence-corrected chi connectivity index (χ4v) is 7.29. The first-order valence-electron chi connectivity index (χ1n) is 15.9. The average molecular weight is 673 g/mol. The molecule has 0 amide bonds. The monoisotopic (exact) mass is 672 g/mol. The summed E-state index contributed by atoms with van der Waals surface area (Å²) in [6.07, 6.45) is 4.24. The molecule has 6 rings (SSSR count). The number of fused-ring (bicyclic) bond motifs is 2. The van der Waals surface area contributed by atoms with Crippen molar-refractivity contribution >= 4 is 77.5 Å². The zero-order valence-corrected chi connectivity index (χ0v) is 29.4. The summed E-state index contributed by atoms with van der Waals surface area (Å²) >= 11 is 0. The van der Waals surface area contributed by atoms with Crippen molar-refractivity contribution in [2.45, 2.75) is 13.1 Å². The highest BCUT2D eigenvalue weighted by molar-refractivity contribution is 8.76. The number of benzene rings is 4. The van der Waals surface area contributed by atoms with Gasteiger partial charge in [-0.15, -0.1) is 10.2 Å². The van der Waals surface area contributed by atoms with Crippen LogP contribution in [0.2, 0.25) is 0 Å². The molecule has 0 aliphatic carbocycles. The first kappa shape index (κ1) is 33.1. The quantitative estimate of drug-likeness (QED) is 0.0531. The van der Waals surface area contributed by atoms with Crippen molar-refractivity contribution in [2.75, 3.05) is 49.5 Å². The van der Waals surface area contributed by atoms with Gasteiger partial charge in [0.05, 0.1) is 33.7 Å². The molecule has 0 aliphatic rings. The number of pyridine rings is 2. The van der Waals surface area contributed by atoms with Gasteiger partial charge in [-0.25, -0.2) is 0 Å². The van der Waals surface area contributed by atoms with Crippen molar-refractivity contribution in [3.63, 3.8) is 0 Å². The van der Waals surface area contributed by atoms with E-state index in [-0.39, 0.29) is 0 Å². The number of aryl methyl sites for hydroxylation is 2. The molecule has 242 valence electrons. The molecule has 6 aromatic rings. The van der Waals surface area contributed by atoms with Crippen LogP contribution in [0.5, 0.6) is 0 Å². The van der Waals surface area contributed by atoms with E-state index in [1.165, 1.54) is 0 Å². The first-order chi connectivity index (χ1) is 23.5. The molecule has 2 aromatic heterocycles. The van der Waals surface area contributed by atoms with Crippen LogP contribution in [-0.2, 0) is 13.1 Å². The molecule has 0 atom stereocenters. The largest absolute Gasteiger partial charge is 0.378 e. The SMILES string of the molecule is CN(C)c1ccc(/N=N/c2cc[n+](CCSSCC[n+]3ccc(/N=N/c4ccc(N(C)C)cc4)c4ccccc43)c3ccccc23)cc1. The van der Waals surface area contributed by atoms with Gasteiger partial charge >= 0.3 is 0 Å². The fourth-order valence-electron chi connectivity index (χ4n) is 5.35. The van der Waals surface area contributed by atoms with Crippen LogP contribution >= 0.6 is 21.6 Å². The van der Waals surface area contributed by atoms with Crippen LogP contribution in [0.1, 0.15) is 0 Å². The third kappa shape index (κ3) is 8.18. The number of para-hydroxylation sites is 2. The number of hydrogen-bond donors (Lipinski definition) is 0. The van der Waals surface area contributed by atoms with Gasteiger partial charge in [0.1, 0.15) is 11.4 Å². The smallest absolute Gasteiger partial charge is 0.214 e. The summed E-state index contributed by atoms with van der Waals surface area (Å²) in [5, 5.41) is 20.4. The minimum Gasteiger partial charge on any atom is -0.378 e. The van der Waals surface area contributed by atoms with Gasteiger partial charge in [-0.2, -0.15) is 19.4 Å². The van der Waals surface area contributed by atoms with Crippen LogP contribution in [0.3, 0.4) is 0 Å². The lowest BCUT2D eigenvalue weighted by atomic mass is 10.2. The van der Waals surface area contributed by atoms with Gasteiger partial charge in [0.25, 0.3) is 0 Å². The van der Waals surface area contributed by atoms with Crippen molar-refractivity contribution in [3.8, 4) is 0 Å². The Morgan fingerprint density at radius 3 is 1.27 bits per heavy atom. The summed E-state index contributed by atoms with van der Waals surface area (Å²) in [5.74, 6) is 2.00. The van der Waals surface area contributed by atoms with E-state index in [0.717, 1.165) is 80.5 Å². The number of rotatable bonds is 13. The molecule has 0 aliphatic heterocycles. The lowest BCUT2D eigenvalue weighted by Gasteiger charge is -2.11. The summed E-state index contributed by atoms with van der Waals surface area (Å²) in [6.45, 7) is 1.82. The van der Waals surface area contributed by atoms with Gasteiger partial charge < -0.3 is 9.80 Å². The second-order valence-corrected chi connectivity index (χ2v) is 14.4. The van der Waals surface area contributed by atoms with Crippen LogP contribution in [0.15, 0.2) is 142 Å². The Labute approximate surface area is 290 Å². The third-order valence-corrected chi connectivity index (χ3v) is 10.4. The zero-order chi connectivity index (χ0) is 33.3. The van der Waals surface area contributed by atoms with Gasteiger partial charge in [-0.3, -0.25) is 0 Å². The highest BCUT2D eigenvalue weighted by Gasteiger charge is 2.14. The maximum absolute atomic E-state index is 4.60. The highest BCUT2D eigenvalue weighted by Crippen LogP contribution is 2.29. The molecular weight excluding hydrogens is 633 g/mol. The summed E-state index contributed by atoms with van der Waals surface area (Å²) in [5.41, 5.74) is 8.01. The van der Waals surface area contributed by atoms with Crippen molar-refractivity contribution in [2.24, 2.45) is 20.5 Å². The fraction of sp³-hybridized carbons (Fsp3) is 0.211. The van der Waals surface area contributed by atoms with Gasteiger partial charge in [-0.1, -0.05) is 45.9 Å². The Hall–Kier alpha value is -4.80. The zero-order valence-electron chi connectivity index (χ0n) is 27.8. The van der Waals surface area contributed by atoms with E-state index in [2.05, 4.69) is 137 Å². The van der Waals surface area contributed by atoms with Crippen molar-refractivity contribution in [1.82, 2.24) is 0 Å². The van der Waals surface area contributed by atoms with E-state index in [9.17, 15) is 0 Å². The summed E-state index contributed by atoms with van der Waals surface area (Å²) in [7, 11) is 11.9. The summed E-state index contributed by atoms with van der Waals surface area (Å²) < 4.78 is 4.61. The third-order valence-electron chi connectivity index (χ3n) is 8.00. The first-order valence-corrected chi connectivity index (χ1v) is 18.4. The maximum atomic E-state index is 4.60. The van der Waals surface area contributed by atoms with Gasteiger partial charge in [0.2, 0.25) is 11.0 Å². The Morgan fingerprint density at radius 1 is 0.479 bits per heavy atom. The second kappa shape index (κ2) is 15.9. The van der Waals surface area contributed by atoms with Crippen LogP contribution in [0, 0.1) is 0 Å². The predicted octanol–water partition coefficient (Wildman–Crippen LogP) is 9.61. The second-order valence-electron chi connectivity index (χ2n) is 11.7. The Kier molecular flexibility index (Phi) is 10.9. The number of azo groups is 2. The van der Waals surface area contributed by atoms with E-state index in [1.807, 2.05) is 74.0 Å². The number of aromatic nitrogens is 2. The molecule has 0 radical (unpaired) electrons. The molecule has 0 unspecified atom stereocenters. The van der Waals surface area contributed by atoms with Crippen molar-refractivity contribution < 1.29 is 9.13 Å². The molecule has 0 bridgehead atoms. The van der Waals surface area contributed by atoms with Crippen LogP contribution in [0.4, 0.5) is 34.1 Å². The van der Waals surface area contributed by atoms with Gasteiger partial charge in [0, 0.05) is 63.8 Å². The van der Waals surface area contributed by atoms with E-state index in [1.54, 1.807) is 0 Å². The van der Waals surface area contributed by atoms with Crippen LogP contribution in [-0.4, -0.2) is 39.7 Å². The van der Waals surface area contributed by atoms with Crippen LogP contribution < -0.4 is 18.9 Å². The van der Waals surface area contributed by atoms with E-state index >= 15 is 0 Å². The maximum Gasteiger partial charge on any atom is 0.214 e. The number of anilines is 2. The molecule has 0 fully saturated rings. The molecule has 0 saturated heterocycles. The van der Waals surface area contributed by atoms with E-state index < -0.39 is 0 Å². The van der Waals surface area contributed by atoms with Crippen molar-refractivity contribution in [1.29, 1.82) is 0 Å². The summed E-state index contributed by atoms with van der Waals surface area (Å²) in [6, 6.07) is 37.1. The normalized spacial score (nSPS) is 11.7. The van der Waals surface area contributed by atoms with Gasteiger partial charge in [0.15, 0.2) is 25.5 Å². The molecule has 2 heterocycles. The minimum atomic E-state index is 0.837. The molecular formula is C38H40N8S2+2. The Balaban J connectivity index is 1.04. The lowest BCUT2D eigenvalue weighted by Crippen LogP contribution is -2.35. The average Bonchev–Trinajstić information content (AvgIpc) is 3.12. The molecule has 48 heavy (non-hydrogen) atoms. The Bertz CT molecular complexity index is 1890. The number of hydrogen-bond acceptors (Lipinski definition) is 8. The van der Waals surface area contributed by atoms with Gasteiger partial charge in [-0.05, 0) is 60.7 Å².